The molecule has 1 aliphatic heterocycles. The summed E-state index contributed by atoms with van der Waals surface area (Å²) >= 11 is 0. The minimum atomic E-state index is 0.334. The monoisotopic (exact) mass is 250 g/mol. The van der Waals surface area contributed by atoms with Crippen LogP contribution in [0.1, 0.15) is 31.9 Å². The van der Waals surface area contributed by atoms with Gasteiger partial charge in [0.05, 0.1) is 7.11 Å². The van der Waals surface area contributed by atoms with Gasteiger partial charge in [-0.2, -0.15) is 4.98 Å². The predicted molar refractivity (Wildman–Crippen MR) is 72.0 cm³/mol. The summed E-state index contributed by atoms with van der Waals surface area (Å²) in [4.78, 5) is 11.2. The summed E-state index contributed by atoms with van der Waals surface area (Å²) in [5, 5.41) is 0. The summed E-state index contributed by atoms with van der Waals surface area (Å²) in [5.41, 5.74) is 6.80. The minimum Gasteiger partial charge on any atom is -0.481 e. The van der Waals surface area contributed by atoms with Crippen molar-refractivity contribution in [2.45, 2.75) is 45.2 Å². The van der Waals surface area contributed by atoms with Crippen molar-refractivity contribution >= 4 is 5.95 Å². The number of piperidine rings is 1. The second kappa shape index (κ2) is 5.52. The van der Waals surface area contributed by atoms with Gasteiger partial charge in [-0.25, -0.2) is 4.98 Å². The van der Waals surface area contributed by atoms with Gasteiger partial charge in [-0.1, -0.05) is 0 Å². The molecule has 0 spiro atoms. The Morgan fingerprint density at radius 2 is 2.22 bits per heavy atom. The van der Waals surface area contributed by atoms with Crippen molar-refractivity contribution in [3.63, 3.8) is 0 Å². The number of nitrogens with two attached hydrogens (primary N) is 1. The number of hydrogen-bond acceptors (Lipinski definition) is 5. The molecule has 2 atom stereocenters. The van der Waals surface area contributed by atoms with Gasteiger partial charge in [0.25, 0.3) is 0 Å². The largest absolute Gasteiger partial charge is 0.481 e. The fourth-order valence-electron chi connectivity index (χ4n) is 2.62. The number of aromatic nitrogens is 2. The molecule has 0 bridgehead atoms. The summed E-state index contributed by atoms with van der Waals surface area (Å²) in [6.45, 7) is 4.81. The molecule has 2 heterocycles. The molecule has 100 valence electrons. The molecule has 5 nitrogen and oxygen atoms in total. The van der Waals surface area contributed by atoms with Crippen LogP contribution in [0.25, 0.3) is 0 Å². The maximum Gasteiger partial charge on any atom is 0.229 e. The molecule has 0 aliphatic carbocycles. The van der Waals surface area contributed by atoms with Gasteiger partial charge in [-0.3, -0.25) is 0 Å². The molecule has 0 amide bonds. The summed E-state index contributed by atoms with van der Waals surface area (Å²) < 4.78 is 5.22. The van der Waals surface area contributed by atoms with E-state index >= 15 is 0 Å². The first kappa shape index (κ1) is 13.1. The standard InChI is InChI=1S/C13H22N4O/c1-9-7-12(18-3)16-13(15-9)17-10(2)5-4-6-11(17)8-14/h7,10-11H,4-6,8,14H2,1-3H3. The highest BCUT2D eigenvalue weighted by molar-refractivity contribution is 5.38. The highest BCUT2D eigenvalue weighted by Gasteiger charge is 2.29. The van der Waals surface area contributed by atoms with Crippen LogP contribution in [0.15, 0.2) is 6.07 Å². The van der Waals surface area contributed by atoms with Crippen molar-refractivity contribution in [1.29, 1.82) is 0 Å². The van der Waals surface area contributed by atoms with E-state index in [2.05, 4.69) is 21.8 Å². The van der Waals surface area contributed by atoms with Crippen LogP contribution >= 0.6 is 0 Å². The first-order valence-corrected chi connectivity index (χ1v) is 6.53. The second-order valence-corrected chi connectivity index (χ2v) is 4.93. The van der Waals surface area contributed by atoms with E-state index in [1.54, 1.807) is 7.11 Å². The van der Waals surface area contributed by atoms with Crippen molar-refractivity contribution < 1.29 is 4.74 Å². The van der Waals surface area contributed by atoms with E-state index in [1.165, 1.54) is 6.42 Å². The Kier molecular flexibility index (Phi) is 4.01. The molecule has 0 aromatic carbocycles. The summed E-state index contributed by atoms with van der Waals surface area (Å²) in [6, 6.07) is 2.61. The predicted octanol–water partition coefficient (Wildman–Crippen LogP) is 1.50. The highest BCUT2D eigenvalue weighted by atomic mass is 16.5. The number of nitrogens with zero attached hydrogens (tertiary/aromatic N) is 3. The number of ether oxygens (including phenoxy) is 1. The number of anilines is 1. The topological polar surface area (TPSA) is 64.3 Å². The third kappa shape index (κ3) is 2.56. The van der Waals surface area contributed by atoms with Crippen LogP contribution in [-0.4, -0.2) is 35.7 Å². The van der Waals surface area contributed by atoms with E-state index in [0.717, 1.165) is 24.5 Å². The Labute approximate surface area is 108 Å². The molecule has 0 radical (unpaired) electrons. The van der Waals surface area contributed by atoms with Crippen LogP contribution in [-0.2, 0) is 0 Å². The maximum atomic E-state index is 5.87. The lowest BCUT2D eigenvalue weighted by molar-refractivity contribution is 0.379. The van der Waals surface area contributed by atoms with Crippen molar-refractivity contribution in [3.8, 4) is 5.88 Å². The number of rotatable bonds is 3. The number of methoxy groups -OCH3 is 1. The summed E-state index contributed by atoms with van der Waals surface area (Å²) in [7, 11) is 1.63. The molecular formula is C13H22N4O. The van der Waals surface area contributed by atoms with Crippen molar-refractivity contribution in [3.05, 3.63) is 11.8 Å². The first-order valence-electron chi connectivity index (χ1n) is 6.53. The third-order valence-corrected chi connectivity index (χ3v) is 3.56. The molecule has 1 fully saturated rings. The zero-order valence-electron chi connectivity index (χ0n) is 11.4. The average molecular weight is 250 g/mol. The molecule has 1 aromatic heterocycles. The Balaban J connectivity index is 2.34. The Morgan fingerprint density at radius 1 is 1.44 bits per heavy atom. The molecule has 1 aromatic rings. The quantitative estimate of drug-likeness (QED) is 0.880. The van der Waals surface area contributed by atoms with E-state index < -0.39 is 0 Å². The van der Waals surface area contributed by atoms with Crippen LogP contribution < -0.4 is 15.4 Å². The normalized spacial score (nSPS) is 24.1. The molecule has 2 unspecified atom stereocenters. The van der Waals surface area contributed by atoms with Crippen molar-refractivity contribution in [2.75, 3.05) is 18.6 Å². The first-order chi connectivity index (χ1) is 8.65. The molecular weight excluding hydrogens is 228 g/mol. The summed E-state index contributed by atoms with van der Waals surface area (Å²) in [6.07, 6.45) is 3.50. The molecule has 18 heavy (non-hydrogen) atoms. The zero-order valence-corrected chi connectivity index (χ0v) is 11.4. The molecule has 5 heteroatoms. The van der Waals surface area contributed by atoms with Gasteiger partial charge in [0.2, 0.25) is 11.8 Å². The smallest absolute Gasteiger partial charge is 0.229 e. The fourth-order valence-corrected chi connectivity index (χ4v) is 2.62. The SMILES string of the molecule is COc1cc(C)nc(N2C(C)CCCC2CN)n1. The Morgan fingerprint density at radius 3 is 2.89 bits per heavy atom. The Hall–Kier alpha value is -1.36. The molecule has 2 N–H and O–H groups in total. The van der Waals surface area contributed by atoms with Gasteiger partial charge in [0.15, 0.2) is 0 Å². The van der Waals surface area contributed by atoms with Crippen LogP contribution in [0.4, 0.5) is 5.95 Å². The van der Waals surface area contributed by atoms with Gasteiger partial charge < -0.3 is 15.4 Å². The van der Waals surface area contributed by atoms with E-state index in [1.807, 2.05) is 13.0 Å². The number of aryl methyl sites for hydroxylation is 1. The van der Waals surface area contributed by atoms with Crippen molar-refractivity contribution in [1.82, 2.24) is 9.97 Å². The van der Waals surface area contributed by atoms with Gasteiger partial charge >= 0.3 is 0 Å². The van der Waals surface area contributed by atoms with Crippen LogP contribution in [0.5, 0.6) is 5.88 Å². The van der Waals surface area contributed by atoms with Crippen LogP contribution in [0.2, 0.25) is 0 Å². The molecule has 1 aliphatic rings. The second-order valence-electron chi connectivity index (χ2n) is 4.93. The average Bonchev–Trinajstić information content (AvgIpc) is 2.37. The van der Waals surface area contributed by atoms with E-state index in [9.17, 15) is 0 Å². The maximum absolute atomic E-state index is 5.87. The van der Waals surface area contributed by atoms with Gasteiger partial charge in [-0.15, -0.1) is 0 Å². The van der Waals surface area contributed by atoms with Crippen molar-refractivity contribution in [2.24, 2.45) is 5.73 Å². The fraction of sp³-hybridized carbons (Fsp3) is 0.692. The van der Waals surface area contributed by atoms with Gasteiger partial charge in [0.1, 0.15) is 0 Å². The Bertz CT molecular complexity index is 410. The van der Waals surface area contributed by atoms with Crippen LogP contribution in [0, 0.1) is 6.92 Å². The van der Waals surface area contributed by atoms with Gasteiger partial charge in [-0.05, 0) is 33.1 Å². The minimum absolute atomic E-state index is 0.334. The lowest BCUT2D eigenvalue weighted by Gasteiger charge is -2.40. The lowest BCUT2D eigenvalue weighted by atomic mass is 9.97. The van der Waals surface area contributed by atoms with Crippen LogP contribution in [0.3, 0.4) is 0 Å². The van der Waals surface area contributed by atoms with E-state index in [-0.39, 0.29) is 0 Å². The molecule has 0 saturated carbocycles. The van der Waals surface area contributed by atoms with E-state index in [4.69, 9.17) is 10.5 Å². The number of hydrogen-bond donors (Lipinski definition) is 1. The lowest BCUT2D eigenvalue weighted by Crippen LogP contribution is -2.49. The summed E-state index contributed by atoms with van der Waals surface area (Å²) in [5.74, 6) is 1.36. The van der Waals surface area contributed by atoms with E-state index in [0.29, 0.717) is 24.5 Å². The zero-order chi connectivity index (χ0) is 13.1. The molecule has 1 saturated heterocycles. The third-order valence-electron chi connectivity index (χ3n) is 3.56. The molecule has 2 rings (SSSR count). The van der Waals surface area contributed by atoms with Gasteiger partial charge in [0, 0.05) is 30.4 Å². The highest BCUT2D eigenvalue weighted by Crippen LogP contribution is 2.27.